The SMILES string of the molecule is C=COC(=O)CC(C)OC. The summed E-state index contributed by atoms with van der Waals surface area (Å²) in [7, 11) is 1.55. The molecular formula is C7H12O3. The van der Waals surface area contributed by atoms with Crippen LogP contribution >= 0.6 is 0 Å². The lowest BCUT2D eigenvalue weighted by Crippen LogP contribution is -2.12. The summed E-state index contributed by atoms with van der Waals surface area (Å²) in [5, 5.41) is 0. The molecule has 0 aliphatic rings. The van der Waals surface area contributed by atoms with Crippen LogP contribution in [-0.4, -0.2) is 19.2 Å². The summed E-state index contributed by atoms with van der Waals surface area (Å²) < 4.78 is 9.29. The van der Waals surface area contributed by atoms with E-state index in [0.717, 1.165) is 6.26 Å². The molecule has 3 heteroatoms. The Morgan fingerprint density at radius 2 is 2.40 bits per heavy atom. The highest BCUT2D eigenvalue weighted by Gasteiger charge is 2.06. The topological polar surface area (TPSA) is 35.5 Å². The van der Waals surface area contributed by atoms with E-state index in [1.165, 1.54) is 0 Å². The summed E-state index contributed by atoms with van der Waals surface area (Å²) in [6.07, 6.45) is 1.29. The van der Waals surface area contributed by atoms with Crippen molar-refractivity contribution in [3.63, 3.8) is 0 Å². The van der Waals surface area contributed by atoms with Crippen LogP contribution in [0.15, 0.2) is 12.8 Å². The maximum Gasteiger partial charge on any atom is 0.313 e. The van der Waals surface area contributed by atoms with Gasteiger partial charge in [-0.2, -0.15) is 0 Å². The first-order chi connectivity index (χ1) is 4.70. The zero-order valence-electron chi connectivity index (χ0n) is 6.29. The van der Waals surface area contributed by atoms with Crippen LogP contribution in [0.1, 0.15) is 13.3 Å². The Morgan fingerprint density at radius 1 is 1.80 bits per heavy atom. The highest BCUT2D eigenvalue weighted by atomic mass is 16.5. The third-order valence-electron chi connectivity index (χ3n) is 1.07. The lowest BCUT2D eigenvalue weighted by Gasteiger charge is -2.05. The molecule has 10 heavy (non-hydrogen) atoms. The Balaban J connectivity index is 3.46. The molecular weight excluding hydrogens is 132 g/mol. The van der Waals surface area contributed by atoms with Gasteiger partial charge in [0.1, 0.15) is 0 Å². The summed E-state index contributed by atoms with van der Waals surface area (Å²) >= 11 is 0. The van der Waals surface area contributed by atoms with E-state index in [1.54, 1.807) is 14.0 Å². The fraction of sp³-hybridized carbons (Fsp3) is 0.571. The van der Waals surface area contributed by atoms with Gasteiger partial charge < -0.3 is 9.47 Å². The summed E-state index contributed by atoms with van der Waals surface area (Å²) in [4.78, 5) is 10.6. The Hall–Kier alpha value is -0.830. The Kier molecular flexibility index (Phi) is 4.58. The average molecular weight is 144 g/mol. The zero-order valence-corrected chi connectivity index (χ0v) is 6.29. The van der Waals surface area contributed by atoms with Crippen LogP contribution in [0, 0.1) is 0 Å². The fourth-order valence-electron chi connectivity index (χ4n) is 0.459. The van der Waals surface area contributed by atoms with Crippen LogP contribution in [0.25, 0.3) is 0 Å². The van der Waals surface area contributed by atoms with Gasteiger partial charge >= 0.3 is 5.97 Å². The molecule has 0 radical (unpaired) electrons. The molecule has 0 aromatic carbocycles. The van der Waals surface area contributed by atoms with Gasteiger partial charge in [0.2, 0.25) is 0 Å². The normalized spacial score (nSPS) is 12.2. The molecule has 0 rings (SSSR count). The van der Waals surface area contributed by atoms with E-state index < -0.39 is 0 Å². The van der Waals surface area contributed by atoms with Crippen molar-refractivity contribution in [2.24, 2.45) is 0 Å². The van der Waals surface area contributed by atoms with Crippen molar-refractivity contribution >= 4 is 5.97 Å². The van der Waals surface area contributed by atoms with E-state index in [2.05, 4.69) is 11.3 Å². The van der Waals surface area contributed by atoms with E-state index >= 15 is 0 Å². The van der Waals surface area contributed by atoms with Gasteiger partial charge in [-0.15, -0.1) is 0 Å². The van der Waals surface area contributed by atoms with Crippen LogP contribution in [0.2, 0.25) is 0 Å². The second-order valence-corrected chi connectivity index (χ2v) is 1.91. The van der Waals surface area contributed by atoms with E-state index in [1.807, 2.05) is 0 Å². The Labute approximate surface area is 60.6 Å². The number of ether oxygens (including phenoxy) is 2. The quantitative estimate of drug-likeness (QED) is 0.437. The molecule has 0 saturated heterocycles. The first-order valence-corrected chi connectivity index (χ1v) is 3.04. The standard InChI is InChI=1S/C7H12O3/c1-4-10-7(8)5-6(2)9-3/h4,6H,1,5H2,2-3H3. The number of carbonyl (C=O) groups excluding carboxylic acids is 1. The molecule has 0 bridgehead atoms. The first kappa shape index (κ1) is 9.17. The van der Waals surface area contributed by atoms with E-state index in [0.29, 0.717) is 0 Å². The van der Waals surface area contributed by atoms with Crippen molar-refractivity contribution in [2.75, 3.05) is 7.11 Å². The van der Waals surface area contributed by atoms with Gasteiger partial charge in [-0.25, -0.2) is 0 Å². The summed E-state index contributed by atoms with van der Waals surface area (Å²) in [6, 6.07) is 0. The van der Waals surface area contributed by atoms with Gasteiger partial charge in [-0.3, -0.25) is 4.79 Å². The molecule has 0 aromatic rings. The minimum atomic E-state index is -0.315. The Morgan fingerprint density at radius 3 is 2.80 bits per heavy atom. The monoisotopic (exact) mass is 144 g/mol. The maximum atomic E-state index is 10.6. The largest absolute Gasteiger partial charge is 0.435 e. The molecule has 0 N–H and O–H groups in total. The van der Waals surface area contributed by atoms with Crippen molar-refractivity contribution in [2.45, 2.75) is 19.4 Å². The van der Waals surface area contributed by atoms with Crippen molar-refractivity contribution in [3.05, 3.63) is 12.8 Å². The van der Waals surface area contributed by atoms with Crippen LogP contribution in [0.5, 0.6) is 0 Å². The van der Waals surface area contributed by atoms with Crippen LogP contribution in [0.3, 0.4) is 0 Å². The van der Waals surface area contributed by atoms with Crippen LogP contribution in [-0.2, 0) is 14.3 Å². The molecule has 3 nitrogen and oxygen atoms in total. The third kappa shape index (κ3) is 4.09. The lowest BCUT2D eigenvalue weighted by atomic mass is 10.3. The number of hydrogen-bond donors (Lipinski definition) is 0. The molecule has 0 aliphatic carbocycles. The minimum Gasteiger partial charge on any atom is -0.435 e. The maximum absolute atomic E-state index is 10.6. The van der Waals surface area contributed by atoms with Crippen molar-refractivity contribution in [1.82, 2.24) is 0 Å². The van der Waals surface area contributed by atoms with Gasteiger partial charge in [-0.1, -0.05) is 6.58 Å². The summed E-state index contributed by atoms with van der Waals surface area (Å²) in [5.74, 6) is -0.315. The molecule has 0 saturated carbocycles. The lowest BCUT2D eigenvalue weighted by molar-refractivity contribution is -0.140. The molecule has 0 aliphatic heterocycles. The highest BCUT2D eigenvalue weighted by molar-refractivity contribution is 5.70. The van der Waals surface area contributed by atoms with Gasteiger partial charge in [0.05, 0.1) is 18.8 Å². The first-order valence-electron chi connectivity index (χ1n) is 3.04. The smallest absolute Gasteiger partial charge is 0.313 e. The molecule has 1 unspecified atom stereocenters. The van der Waals surface area contributed by atoms with Crippen molar-refractivity contribution in [1.29, 1.82) is 0 Å². The van der Waals surface area contributed by atoms with Crippen LogP contribution < -0.4 is 0 Å². The molecule has 1 atom stereocenters. The molecule has 58 valence electrons. The molecule has 0 amide bonds. The van der Waals surface area contributed by atoms with Gasteiger partial charge in [-0.05, 0) is 6.92 Å². The van der Waals surface area contributed by atoms with Gasteiger partial charge in [0, 0.05) is 7.11 Å². The highest BCUT2D eigenvalue weighted by Crippen LogP contribution is 1.96. The minimum absolute atomic E-state index is 0.0903. The molecule has 0 spiro atoms. The van der Waals surface area contributed by atoms with E-state index in [-0.39, 0.29) is 18.5 Å². The second kappa shape index (κ2) is 4.99. The number of esters is 1. The summed E-state index contributed by atoms with van der Waals surface area (Å²) in [6.45, 7) is 5.05. The zero-order chi connectivity index (χ0) is 7.98. The predicted octanol–water partition coefficient (Wildman–Crippen LogP) is 1.10. The Bertz CT molecular complexity index is 120. The fourth-order valence-corrected chi connectivity index (χ4v) is 0.459. The second-order valence-electron chi connectivity index (χ2n) is 1.91. The molecule has 0 aromatic heterocycles. The van der Waals surface area contributed by atoms with Crippen molar-refractivity contribution in [3.8, 4) is 0 Å². The van der Waals surface area contributed by atoms with Crippen LogP contribution in [0.4, 0.5) is 0 Å². The number of carbonyl (C=O) groups is 1. The average Bonchev–Trinajstić information content (AvgIpc) is 1.88. The number of rotatable bonds is 4. The number of hydrogen-bond acceptors (Lipinski definition) is 3. The van der Waals surface area contributed by atoms with E-state index in [4.69, 9.17) is 4.74 Å². The van der Waals surface area contributed by atoms with Gasteiger partial charge in [0.15, 0.2) is 0 Å². The predicted molar refractivity (Wildman–Crippen MR) is 37.4 cm³/mol. The summed E-state index contributed by atoms with van der Waals surface area (Å²) in [5.41, 5.74) is 0. The molecule has 0 heterocycles. The van der Waals surface area contributed by atoms with Gasteiger partial charge in [0.25, 0.3) is 0 Å². The van der Waals surface area contributed by atoms with E-state index in [9.17, 15) is 4.79 Å². The third-order valence-corrected chi connectivity index (χ3v) is 1.07. The van der Waals surface area contributed by atoms with Crippen molar-refractivity contribution < 1.29 is 14.3 Å². The molecule has 0 fully saturated rings. The number of methoxy groups -OCH3 is 1.